The lowest BCUT2D eigenvalue weighted by molar-refractivity contribution is -0.120. The molecule has 1 aliphatic heterocycles. The van der Waals surface area contributed by atoms with Crippen LogP contribution >= 0.6 is 11.3 Å². The molecule has 4 rings (SSSR count). The first kappa shape index (κ1) is 19.5. The molecule has 2 aliphatic rings. The number of anilines is 1. The quantitative estimate of drug-likeness (QED) is 0.825. The van der Waals surface area contributed by atoms with E-state index in [0.717, 1.165) is 25.0 Å². The molecule has 1 aliphatic carbocycles. The van der Waals surface area contributed by atoms with Crippen LogP contribution in [0.2, 0.25) is 0 Å². The standard InChI is InChI=1S/C20H25N3O3S2/c1-14-7-8-17-18(13-14)27-20(21-17)22-19(24)15-9-11-23(12-10-15)28(25,26)16-5-3-2-4-6-16/h2-6,14-15H,7-13H2,1H3,(H,21,22,24). The van der Waals surface area contributed by atoms with Crippen molar-refractivity contribution in [2.45, 2.75) is 43.9 Å². The van der Waals surface area contributed by atoms with Crippen molar-refractivity contribution in [2.75, 3.05) is 18.4 Å². The molecule has 2 heterocycles. The van der Waals surface area contributed by atoms with Crippen LogP contribution in [0.5, 0.6) is 0 Å². The first-order valence-corrected chi connectivity index (χ1v) is 12.0. The normalized spacial score (nSPS) is 21.2. The predicted octanol–water partition coefficient (Wildman–Crippen LogP) is 3.31. The molecule has 8 heteroatoms. The number of rotatable bonds is 4. The van der Waals surface area contributed by atoms with Crippen LogP contribution in [0.1, 0.15) is 36.8 Å². The Hall–Kier alpha value is -1.77. The Kier molecular flexibility index (Phi) is 5.53. The van der Waals surface area contributed by atoms with Gasteiger partial charge < -0.3 is 5.32 Å². The predicted molar refractivity (Wildman–Crippen MR) is 110 cm³/mol. The lowest BCUT2D eigenvalue weighted by Gasteiger charge is -2.30. The third-order valence-corrected chi connectivity index (χ3v) is 8.57. The maximum atomic E-state index is 12.7. The molecule has 0 radical (unpaired) electrons. The van der Waals surface area contributed by atoms with Crippen molar-refractivity contribution in [3.8, 4) is 0 Å². The van der Waals surface area contributed by atoms with E-state index in [4.69, 9.17) is 0 Å². The number of piperidine rings is 1. The molecule has 0 bridgehead atoms. The molecular formula is C20H25N3O3S2. The fourth-order valence-corrected chi connectivity index (χ4v) is 6.57. The first-order valence-electron chi connectivity index (χ1n) is 9.78. The van der Waals surface area contributed by atoms with E-state index in [1.165, 1.54) is 9.18 Å². The number of hydrogen-bond donors (Lipinski definition) is 1. The van der Waals surface area contributed by atoms with Crippen LogP contribution in [0.25, 0.3) is 0 Å². The van der Waals surface area contributed by atoms with E-state index < -0.39 is 10.0 Å². The number of amides is 1. The number of hydrogen-bond acceptors (Lipinski definition) is 5. The minimum absolute atomic E-state index is 0.0455. The summed E-state index contributed by atoms with van der Waals surface area (Å²) in [4.78, 5) is 18.8. The Labute approximate surface area is 170 Å². The van der Waals surface area contributed by atoms with Crippen molar-refractivity contribution in [3.05, 3.63) is 40.9 Å². The van der Waals surface area contributed by atoms with Gasteiger partial charge in [-0.15, -0.1) is 11.3 Å². The zero-order chi connectivity index (χ0) is 19.7. The molecular weight excluding hydrogens is 394 g/mol. The Morgan fingerprint density at radius 1 is 1.18 bits per heavy atom. The van der Waals surface area contributed by atoms with Gasteiger partial charge in [0, 0.05) is 23.9 Å². The molecule has 2 aromatic rings. The largest absolute Gasteiger partial charge is 0.302 e. The Morgan fingerprint density at radius 3 is 2.61 bits per heavy atom. The molecule has 6 nitrogen and oxygen atoms in total. The van der Waals surface area contributed by atoms with Gasteiger partial charge in [-0.05, 0) is 50.2 Å². The van der Waals surface area contributed by atoms with Gasteiger partial charge in [0.15, 0.2) is 5.13 Å². The van der Waals surface area contributed by atoms with E-state index in [1.54, 1.807) is 41.7 Å². The fraction of sp³-hybridized carbons (Fsp3) is 0.500. The summed E-state index contributed by atoms with van der Waals surface area (Å²) < 4.78 is 26.9. The van der Waals surface area contributed by atoms with Gasteiger partial charge in [0.25, 0.3) is 0 Å². The lowest BCUT2D eigenvalue weighted by Crippen LogP contribution is -2.41. The van der Waals surface area contributed by atoms with Crippen LogP contribution in [-0.4, -0.2) is 36.7 Å². The zero-order valence-electron chi connectivity index (χ0n) is 15.9. The summed E-state index contributed by atoms with van der Waals surface area (Å²) in [5.74, 6) is 0.449. The van der Waals surface area contributed by atoms with Gasteiger partial charge in [-0.25, -0.2) is 13.4 Å². The van der Waals surface area contributed by atoms with Crippen molar-refractivity contribution >= 4 is 32.4 Å². The smallest absolute Gasteiger partial charge is 0.243 e. The van der Waals surface area contributed by atoms with Crippen LogP contribution in [-0.2, 0) is 27.7 Å². The summed E-state index contributed by atoms with van der Waals surface area (Å²) >= 11 is 1.58. The number of nitrogens with one attached hydrogen (secondary N) is 1. The summed E-state index contributed by atoms with van der Waals surface area (Å²) in [7, 11) is -3.49. The summed E-state index contributed by atoms with van der Waals surface area (Å²) in [6, 6.07) is 8.47. The maximum Gasteiger partial charge on any atom is 0.243 e. The van der Waals surface area contributed by atoms with E-state index in [-0.39, 0.29) is 11.8 Å². The highest BCUT2D eigenvalue weighted by Gasteiger charge is 2.32. The van der Waals surface area contributed by atoms with Crippen LogP contribution in [0, 0.1) is 11.8 Å². The number of aryl methyl sites for hydroxylation is 1. The van der Waals surface area contributed by atoms with Crippen molar-refractivity contribution < 1.29 is 13.2 Å². The van der Waals surface area contributed by atoms with E-state index in [9.17, 15) is 13.2 Å². The lowest BCUT2D eigenvalue weighted by atomic mass is 9.93. The fourth-order valence-electron chi connectivity index (χ4n) is 3.90. The minimum Gasteiger partial charge on any atom is -0.302 e. The van der Waals surface area contributed by atoms with Gasteiger partial charge in [0.1, 0.15) is 0 Å². The molecule has 28 heavy (non-hydrogen) atoms. The average Bonchev–Trinajstić information content (AvgIpc) is 3.10. The average molecular weight is 420 g/mol. The monoisotopic (exact) mass is 419 g/mol. The number of fused-ring (bicyclic) bond motifs is 1. The molecule has 0 spiro atoms. The molecule has 1 saturated heterocycles. The maximum absolute atomic E-state index is 12.7. The second-order valence-corrected chi connectivity index (χ2v) is 10.7. The number of carbonyl (C=O) groups excluding carboxylic acids is 1. The van der Waals surface area contributed by atoms with Crippen molar-refractivity contribution in [2.24, 2.45) is 11.8 Å². The van der Waals surface area contributed by atoms with Crippen LogP contribution in [0.3, 0.4) is 0 Å². The molecule has 0 saturated carbocycles. The first-order chi connectivity index (χ1) is 13.4. The van der Waals surface area contributed by atoms with E-state index in [2.05, 4.69) is 17.2 Å². The molecule has 1 fully saturated rings. The summed E-state index contributed by atoms with van der Waals surface area (Å²) in [5, 5.41) is 3.65. The summed E-state index contributed by atoms with van der Waals surface area (Å²) in [5.41, 5.74) is 1.13. The Morgan fingerprint density at radius 2 is 1.89 bits per heavy atom. The topological polar surface area (TPSA) is 79.4 Å². The number of benzene rings is 1. The molecule has 1 unspecified atom stereocenters. The van der Waals surface area contributed by atoms with Gasteiger partial charge >= 0.3 is 0 Å². The third-order valence-electron chi connectivity index (χ3n) is 5.62. The Balaban J connectivity index is 1.36. The van der Waals surface area contributed by atoms with Gasteiger partial charge in [0.05, 0.1) is 10.6 Å². The molecule has 1 atom stereocenters. The number of carbonyl (C=O) groups is 1. The molecule has 1 N–H and O–H groups in total. The number of thiazole rings is 1. The third kappa shape index (κ3) is 3.99. The number of nitrogens with zero attached hydrogens (tertiary/aromatic N) is 2. The number of sulfonamides is 1. The molecule has 1 aromatic carbocycles. The van der Waals surface area contributed by atoms with Gasteiger partial charge in [0.2, 0.25) is 15.9 Å². The second-order valence-electron chi connectivity index (χ2n) is 7.72. The second kappa shape index (κ2) is 7.93. The highest BCUT2D eigenvalue weighted by Crippen LogP contribution is 2.33. The summed E-state index contributed by atoms with van der Waals surface area (Å²) in [6.07, 6.45) is 4.23. The highest BCUT2D eigenvalue weighted by atomic mass is 32.2. The van der Waals surface area contributed by atoms with E-state index >= 15 is 0 Å². The highest BCUT2D eigenvalue weighted by molar-refractivity contribution is 7.89. The van der Waals surface area contributed by atoms with Crippen LogP contribution < -0.4 is 5.32 Å². The van der Waals surface area contributed by atoms with E-state index in [0.29, 0.717) is 41.9 Å². The van der Waals surface area contributed by atoms with Crippen molar-refractivity contribution in [1.82, 2.24) is 9.29 Å². The van der Waals surface area contributed by atoms with Crippen LogP contribution in [0.4, 0.5) is 5.13 Å². The number of aromatic nitrogens is 1. The van der Waals surface area contributed by atoms with E-state index in [1.807, 2.05) is 0 Å². The van der Waals surface area contributed by atoms with Crippen molar-refractivity contribution in [1.29, 1.82) is 0 Å². The molecule has 150 valence electrons. The Bertz CT molecular complexity index is 948. The van der Waals surface area contributed by atoms with Crippen LogP contribution in [0.15, 0.2) is 35.2 Å². The SMILES string of the molecule is CC1CCc2nc(NC(=O)C3CCN(S(=O)(=O)c4ccccc4)CC3)sc2C1. The minimum atomic E-state index is -3.49. The zero-order valence-corrected chi connectivity index (χ0v) is 17.6. The molecule has 1 aromatic heterocycles. The van der Waals surface area contributed by atoms with Gasteiger partial charge in [-0.1, -0.05) is 25.1 Å². The van der Waals surface area contributed by atoms with Crippen molar-refractivity contribution in [3.63, 3.8) is 0 Å². The van der Waals surface area contributed by atoms with Gasteiger partial charge in [-0.3, -0.25) is 4.79 Å². The molecule has 1 amide bonds. The van der Waals surface area contributed by atoms with Gasteiger partial charge in [-0.2, -0.15) is 4.31 Å². The summed E-state index contributed by atoms with van der Waals surface area (Å²) in [6.45, 7) is 2.97.